The summed E-state index contributed by atoms with van der Waals surface area (Å²) in [5.41, 5.74) is 1.22. The Hall–Kier alpha value is -1.50. The molecule has 3 rings (SSSR count). The van der Waals surface area contributed by atoms with Gasteiger partial charge in [-0.1, -0.05) is 19.9 Å². The summed E-state index contributed by atoms with van der Waals surface area (Å²) in [4.78, 5) is 22.0. The Morgan fingerprint density at radius 2 is 2.14 bits per heavy atom. The number of amides is 1. The molecule has 2 aliphatic heterocycles. The Labute approximate surface area is 169 Å². The van der Waals surface area contributed by atoms with Crippen LogP contribution in [0.1, 0.15) is 38.7 Å². The summed E-state index contributed by atoms with van der Waals surface area (Å²) in [7, 11) is 0. The van der Waals surface area contributed by atoms with Crippen LogP contribution < -0.4 is 5.32 Å². The van der Waals surface area contributed by atoms with Gasteiger partial charge in [0.2, 0.25) is 5.91 Å². The first-order valence-corrected chi connectivity index (χ1v) is 10.8. The Balaban J connectivity index is 1.49. The zero-order valence-electron chi connectivity index (χ0n) is 17.5. The highest BCUT2D eigenvalue weighted by Crippen LogP contribution is 2.19. The standard InChI is InChI=1S/C22H36N4O2/c1-18(2)13-21(26-9-11-28-12-10-26)15-24-22(27)20-6-4-8-25(17-20)16-19-5-3-7-23-14-19/h3,5,7,14,18,20-21H,4,6,8-13,15-17H2,1-2H3,(H,24,27)/t20-,21+/m1/s1. The van der Waals surface area contributed by atoms with Gasteiger partial charge in [-0.3, -0.25) is 19.6 Å². The van der Waals surface area contributed by atoms with Crippen LogP contribution in [0.2, 0.25) is 0 Å². The summed E-state index contributed by atoms with van der Waals surface area (Å²) >= 11 is 0. The van der Waals surface area contributed by atoms with E-state index >= 15 is 0 Å². The first-order valence-electron chi connectivity index (χ1n) is 10.8. The third-order valence-electron chi connectivity index (χ3n) is 5.82. The molecule has 2 saturated heterocycles. The van der Waals surface area contributed by atoms with Crippen LogP contribution in [-0.4, -0.2) is 72.7 Å². The van der Waals surface area contributed by atoms with Gasteiger partial charge in [0.25, 0.3) is 0 Å². The van der Waals surface area contributed by atoms with Crippen molar-refractivity contribution in [3.63, 3.8) is 0 Å². The molecule has 0 aromatic carbocycles. The van der Waals surface area contributed by atoms with Crippen LogP contribution >= 0.6 is 0 Å². The lowest BCUT2D eigenvalue weighted by Crippen LogP contribution is -2.51. The Morgan fingerprint density at radius 3 is 2.86 bits per heavy atom. The van der Waals surface area contributed by atoms with Crippen LogP contribution in [0.25, 0.3) is 0 Å². The Kier molecular flexibility index (Phi) is 8.25. The van der Waals surface area contributed by atoms with E-state index < -0.39 is 0 Å². The number of nitrogens with one attached hydrogen (secondary N) is 1. The molecule has 2 atom stereocenters. The maximum atomic E-state index is 12.9. The first-order chi connectivity index (χ1) is 13.6. The van der Waals surface area contributed by atoms with Crippen molar-refractivity contribution in [2.24, 2.45) is 11.8 Å². The van der Waals surface area contributed by atoms with Crippen LogP contribution in [0.5, 0.6) is 0 Å². The smallest absolute Gasteiger partial charge is 0.224 e. The predicted molar refractivity (Wildman–Crippen MR) is 111 cm³/mol. The molecule has 3 heterocycles. The number of ether oxygens (including phenoxy) is 1. The molecule has 6 heteroatoms. The number of aromatic nitrogens is 1. The van der Waals surface area contributed by atoms with Crippen molar-refractivity contribution in [2.45, 2.75) is 45.7 Å². The minimum absolute atomic E-state index is 0.0924. The van der Waals surface area contributed by atoms with Crippen molar-refractivity contribution in [2.75, 3.05) is 45.9 Å². The lowest BCUT2D eigenvalue weighted by molar-refractivity contribution is -0.127. The molecule has 1 amide bonds. The van der Waals surface area contributed by atoms with Crippen LogP contribution in [0.3, 0.4) is 0 Å². The van der Waals surface area contributed by atoms with E-state index in [1.54, 1.807) is 6.20 Å². The van der Waals surface area contributed by atoms with Crippen LogP contribution in [0.4, 0.5) is 0 Å². The van der Waals surface area contributed by atoms with Crippen molar-refractivity contribution < 1.29 is 9.53 Å². The van der Waals surface area contributed by atoms with E-state index in [-0.39, 0.29) is 11.8 Å². The van der Waals surface area contributed by atoms with Crippen molar-refractivity contribution in [1.82, 2.24) is 20.1 Å². The van der Waals surface area contributed by atoms with Crippen molar-refractivity contribution in [1.29, 1.82) is 0 Å². The molecule has 1 aromatic heterocycles. The minimum Gasteiger partial charge on any atom is -0.379 e. The first kappa shape index (κ1) is 21.2. The number of hydrogen-bond acceptors (Lipinski definition) is 5. The monoisotopic (exact) mass is 388 g/mol. The number of carbonyl (C=O) groups excluding carboxylic acids is 1. The zero-order chi connectivity index (χ0) is 19.8. The maximum absolute atomic E-state index is 12.9. The molecule has 1 aromatic rings. The minimum atomic E-state index is 0.0924. The SMILES string of the molecule is CC(C)C[C@@H](CNC(=O)[C@@H]1CCCN(Cc2cccnc2)C1)N1CCOCC1. The van der Waals surface area contributed by atoms with Crippen molar-refractivity contribution in [3.05, 3.63) is 30.1 Å². The average Bonchev–Trinajstić information content (AvgIpc) is 2.72. The van der Waals surface area contributed by atoms with Gasteiger partial charge in [0.05, 0.1) is 19.1 Å². The number of pyridine rings is 1. The number of morpholine rings is 1. The fourth-order valence-electron chi connectivity index (χ4n) is 4.37. The second kappa shape index (κ2) is 10.9. The zero-order valence-corrected chi connectivity index (χ0v) is 17.5. The van der Waals surface area contributed by atoms with Crippen LogP contribution in [0, 0.1) is 11.8 Å². The van der Waals surface area contributed by atoms with Crippen LogP contribution in [0.15, 0.2) is 24.5 Å². The van der Waals surface area contributed by atoms with Gasteiger partial charge in [0.15, 0.2) is 0 Å². The van der Waals surface area contributed by atoms with Gasteiger partial charge in [0, 0.05) is 51.2 Å². The number of likely N-dealkylation sites (tertiary alicyclic amines) is 1. The van der Waals surface area contributed by atoms with E-state index in [1.807, 2.05) is 12.3 Å². The molecule has 0 saturated carbocycles. The van der Waals surface area contributed by atoms with E-state index in [0.717, 1.165) is 71.7 Å². The van der Waals surface area contributed by atoms with E-state index in [2.05, 4.69) is 40.0 Å². The topological polar surface area (TPSA) is 57.7 Å². The molecule has 0 aliphatic carbocycles. The van der Waals surface area contributed by atoms with Crippen LogP contribution in [-0.2, 0) is 16.1 Å². The van der Waals surface area contributed by atoms with Gasteiger partial charge in [-0.15, -0.1) is 0 Å². The summed E-state index contributed by atoms with van der Waals surface area (Å²) in [5.74, 6) is 0.933. The molecule has 0 bridgehead atoms. The molecule has 6 nitrogen and oxygen atoms in total. The number of hydrogen-bond donors (Lipinski definition) is 1. The maximum Gasteiger partial charge on any atom is 0.224 e. The number of rotatable bonds is 8. The molecular weight excluding hydrogens is 352 g/mol. The van der Waals surface area contributed by atoms with Gasteiger partial charge >= 0.3 is 0 Å². The Morgan fingerprint density at radius 1 is 1.32 bits per heavy atom. The summed E-state index contributed by atoms with van der Waals surface area (Å²) in [5, 5.41) is 3.28. The number of piperidine rings is 1. The van der Waals surface area contributed by atoms with Crippen molar-refractivity contribution >= 4 is 5.91 Å². The molecule has 1 N–H and O–H groups in total. The lowest BCUT2D eigenvalue weighted by Gasteiger charge is -2.36. The van der Waals surface area contributed by atoms with Gasteiger partial charge in [0.1, 0.15) is 0 Å². The quantitative estimate of drug-likeness (QED) is 0.740. The molecule has 156 valence electrons. The molecular formula is C22H36N4O2. The fourth-order valence-corrected chi connectivity index (χ4v) is 4.37. The third kappa shape index (κ3) is 6.54. The van der Waals surface area contributed by atoms with Gasteiger partial charge < -0.3 is 10.1 Å². The van der Waals surface area contributed by atoms with Gasteiger partial charge in [-0.2, -0.15) is 0 Å². The molecule has 0 spiro atoms. The molecule has 2 fully saturated rings. The molecule has 2 aliphatic rings. The molecule has 28 heavy (non-hydrogen) atoms. The molecule has 0 unspecified atom stereocenters. The number of nitrogens with zero attached hydrogens (tertiary/aromatic N) is 3. The lowest BCUT2D eigenvalue weighted by atomic mass is 9.96. The highest BCUT2D eigenvalue weighted by molar-refractivity contribution is 5.79. The van der Waals surface area contributed by atoms with Gasteiger partial charge in [-0.05, 0) is 43.4 Å². The normalized spacial score (nSPS) is 22.9. The number of carbonyl (C=O) groups is 1. The fraction of sp³-hybridized carbons (Fsp3) is 0.727. The average molecular weight is 389 g/mol. The largest absolute Gasteiger partial charge is 0.379 e. The van der Waals surface area contributed by atoms with E-state index in [9.17, 15) is 4.79 Å². The summed E-state index contributed by atoms with van der Waals surface area (Å²) < 4.78 is 5.50. The van der Waals surface area contributed by atoms with Crippen molar-refractivity contribution in [3.8, 4) is 0 Å². The second-order valence-electron chi connectivity index (χ2n) is 8.61. The highest BCUT2D eigenvalue weighted by atomic mass is 16.5. The third-order valence-corrected chi connectivity index (χ3v) is 5.82. The predicted octanol–water partition coefficient (Wildman–Crippen LogP) is 2.16. The molecule has 0 radical (unpaired) electrons. The summed E-state index contributed by atoms with van der Waals surface area (Å²) in [6.45, 7) is 11.6. The Bertz CT molecular complexity index is 589. The van der Waals surface area contributed by atoms with E-state index in [1.165, 1.54) is 5.56 Å². The van der Waals surface area contributed by atoms with E-state index in [4.69, 9.17) is 4.74 Å². The summed E-state index contributed by atoms with van der Waals surface area (Å²) in [6, 6.07) is 4.49. The van der Waals surface area contributed by atoms with Gasteiger partial charge in [-0.25, -0.2) is 0 Å². The highest BCUT2D eigenvalue weighted by Gasteiger charge is 2.28. The summed E-state index contributed by atoms with van der Waals surface area (Å²) in [6.07, 6.45) is 6.90. The van der Waals surface area contributed by atoms with E-state index in [0.29, 0.717) is 12.0 Å². The second-order valence-corrected chi connectivity index (χ2v) is 8.61.